The van der Waals surface area contributed by atoms with Gasteiger partial charge in [0.1, 0.15) is 0 Å². The molecule has 0 radical (unpaired) electrons. The van der Waals surface area contributed by atoms with Crippen molar-refractivity contribution in [3.05, 3.63) is 34.3 Å². The van der Waals surface area contributed by atoms with Gasteiger partial charge in [0.25, 0.3) is 0 Å². The van der Waals surface area contributed by atoms with Crippen LogP contribution in [0.25, 0.3) is 0 Å². The molecule has 0 aromatic heterocycles. The SMILES string of the molecule is CCNC(CCN(C)C(C)CC(C)C)c1ccc(Br)cc1. The molecule has 0 bridgehead atoms. The Labute approximate surface area is 139 Å². The highest BCUT2D eigenvalue weighted by molar-refractivity contribution is 9.10. The van der Waals surface area contributed by atoms with Crippen LogP contribution in [0.5, 0.6) is 0 Å². The van der Waals surface area contributed by atoms with Gasteiger partial charge in [0.15, 0.2) is 0 Å². The number of hydrogen-bond donors (Lipinski definition) is 1. The number of hydrogen-bond acceptors (Lipinski definition) is 2. The topological polar surface area (TPSA) is 15.3 Å². The van der Waals surface area contributed by atoms with Gasteiger partial charge in [0.05, 0.1) is 0 Å². The Morgan fingerprint density at radius 1 is 1.14 bits per heavy atom. The standard InChI is InChI=1S/C18H31BrN2/c1-6-20-18(16-7-9-17(19)10-8-16)11-12-21(5)15(4)13-14(2)3/h7-10,14-15,18,20H,6,11-13H2,1-5H3. The molecule has 2 nitrogen and oxygen atoms in total. The molecule has 1 N–H and O–H groups in total. The second kappa shape index (κ2) is 9.60. The van der Waals surface area contributed by atoms with Crippen molar-refractivity contribution in [2.24, 2.45) is 5.92 Å². The predicted molar refractivity (Wildman–Crippen MR) is 96.7 cm³/mol. The van der Waals surface area contributed by atoms with Crippen LogP contribution in [0.1, 0.15) is 52.1 Å². The van der Waals surface area contributed by atoms with E-state index < -0.39 is 0 Å². The minimum absolute atomic E-state index is 0.441. The molecule has 1 aromatic carbocycles. The van der Waals surface area contributed by atoms with Gasteiger partial charge in [-0.1, -0.05) is 48.8 Å². The first-order chi connectivity index (χ1) is 9.93. The number of nitrogens with one attached hydrogen (secondary N) is 1. The molecule has 2 atom stereocenters. The molecule has 0 spiro atoms. The third kappa shape index (κ3) is 6.94. The van der Waals surface area contributed by atoms with E-state index >= 15 is 0 Å². The monoisotopic (exact) mass is 354 g/mol. The maximum Gasteiger partial charge on any atom is 0.0332 e. The number of benzene rings is 1. The second-order valence-electron chi connectivity index (χ2n) is 6.41. The summed E-state index contributed by atoms with van der Waals surface area (Å²) in [5.41, 5.74) is 1.38. The zero-order valence-electron chi connectivity index (χ0n) is 14.2. The first-order valence-electron chi connectivity index (χ1n) is 8.13. The molecule has 0 amide bonds. The minimum Gasteiger partial charge on any atom is -0.310 e. The van der Waals surface area contributed by atoms with Gasteiger partial charge in [-0.3, -0.25) is 0 Å². The van der Waals surface area contributed by atoms with Crippen molar-refractivity contribution < 1.29 is 0 Å². The number of rotatable bonds is 9. The molecule has 21 heavy (non-hydrogen) atoms. The van der Waals surface area contributed by atoms with Crippen molar-refractivity contribution in [3.63, 3.8) is 0 Å². The maximum absolute atomic E-state index is 3.61. The van der Waals surface area contributed by atoms with E-state index in [9.17, 15) is 0 Å². The van der Waals surface area contributed by atoms with E-state index in [1.807, 2.05) is 0 Å². The molecule has 2 unspecified atom stereocenters. The molecule has 1 aromatic rings. The summed E-state index contributed by atoms with van der Waals surface area (Å²) in [6.45, 7) is 11.2. The third-order valence-corrected chi connectivity index (χ3v) is 4.59. The Balaban J connectivity index is 2.56. The first kappa shape index (κ1) is 18.7. The molecule has 0 fully saturated rings. The second-order valence-corrected chi connectivity index (χ2v) is 7.33. The van der Waals surface area contributed by atoms with Gasteiger partial charge in [-0.15, -0.1) is 0 Å². The summed E-state index contributed by atoms with van der Waals surface area (Å²) >= 11 is 3.51. The molecule has 1 rings (SSSR count). The number of halogens is 1. The molecule has 0 aliphatic rings. The lowest BCUT2D eigenvalue weighted by atomic mass is 10.0. The van der Waals surface area contributed by atoms with E-state index in [1.54, 1.807) is 0 Å². The van der Waals surface area contributed by atoms with Crippen molar-refractivity contribution in [3.8, 4) is 0 Å². The average molecular weight is 355 g/mol. The van der Waals surface area contributed by atoms with Gasteiger partial charge in [-0.2, -0.15) is 0 Å². The lowest BCUT2D eigenvalue weighted by Gasteiger charge is -2.28. The lowest BCUT2D eigenvalue weighted by Crippen LogP contribution is -2.33. The fourth-order valence-electron chi connectivity index (χ4n) is 2.74. The van der Waals surface area contributed by atoms with Gasteiger partial charge in [0, 0.05) is 16.6 Å². The molecular weight excluding hydrogens is 324 g/mol. The first-order valence-corrected chi connectivity index (χ1v) is 8.92. The summed E-state index contributed by atoms with van der Waals surface area (Å²) in [6, 6.07) is 9.79. The molecule has 0 heterocycles. The van der Waals surface area contributed by atoms with Gasteiger partial charge in [-0.25, -0.2) is 0 Å². The average Bonchev–Trinajstić information content (AvgIpc) is 2.43. The highest BCUT2D eigenvalue weighted by Gasteiger charge is 2.15. The minimum atomic E-state index is 0.441. The number of nitrogens with zero attached hydrogens (tertiary/aromatic N) is 1. The fourth-order valence-corrected chi connectivity index (χ4v) is 3.01. The van der Waals surface area contributed by atoms with Crippen molar-refractivity contribution in [1.29, 1.82) is 0 Å². The van der Waals surface area contributed by atoms with Gasteiger partial charge >= 0.3 is 0 Å². The van der Waals surface area contributed by atoms with Crippen LogP contribution in [-0.2, 0) is 0 Å². The van der Waals surface area contributed by atoms with E-state index in [0.717, 1.165) is 29.9 Å². The molecule has 3 heteroatoms. The van der Waals surface area contributed by atoms with E-state index in [-0.39, 0.29) is 0 Å². The Kier molecular flexibility index (Phi) is 8.53. The Hall–Kier alpha value is -0.380. The quantitative estimate of drug-likeness (QED) is 0.681. The summed E-state index contributed by atoms with van der Waals surface area (Å²) in [6.07, 6.45) is 2.41. The molecular formula is C18H31BrN2. The zero-order chi connectivity index (χ0) is 15.8. The smallest absolute Gasteiger partial charge is 0.0332 e. The summed E-state index contributed by atoms with van der Waals surface area (Å²) < 4.78 is 1.14. The van der Waals surface area contributed by atoms with Crippen molar-refractivity contribution in [2.75, 3.05) is 20.1 Å². The summed E-state index contributed by atoms with van der Waals surface area (Å²) in [5.74, 6) is 0.762. The predicted octanol–water partition coefficient (Wildman–Crippen LogP) is 4.86. The van der Waals surface area contributed by atoms with Crippen LogP contribution in [0, 0.1) is 5.92 Å². The molecule has 0 saturated heterocycles. The van der Waals surface area contributed by atoms with Gasteiger partial charge in [0.2, 0.25) is 0 Å². The molecule has 120 valence electrons. The fraction of sp³-hybridized carbons (Fsp3) is 0.667. The Bertz CT molecular complexity index is 389. The molecule has 0 saturated carbocycles. The van der Waals surface area contributed by atoms with Crippen LogP contribution in [0.2, 0.25) is 0 Å². The highest BCUT2D eigenvalue weighted by Crippen LogP contribution is 2.20. The Morgan fingerprint density at radius 2 is 1.76 bits per heavy atom. The van der Waals surface area contributed by atoms with Crippen molar-refractivity contribution in [1.82, 2.24) is 10.2 Å². The van der Waals surface area contributed by atoms with Crippen LogP contribution >= 0.6 is 15.9 Å². The Morgan fingerprint density at radius 3 is 2.29 bits per heavy atom. The summed E-state index contributed by atoms with van der Waals surface area (Å²) in [4.78, 5) is 2.49. The lowest BCUT2D eigenvalue weighted by molar-refractivity contribution is 0.217. The molecule has 0 aliphatic carbocycles. The van der Waals surface area contributed by atoms with Crippen LogP contribution in [-0.4, -0.2) is 31.1 Å². The molecule has 0 aliphatic heterocycles. The summed E-state index contributed by atoms with van der Waals surface area (Å²) in [5, 5.41) is 3.61. The van der Waals surface area contributed by atoms with E-state index in [1.165, 1.54) is 12.0 Å². The van der Waals surface area contributed by atoms with E-state index in [2.05, 4.69) is 85.2 Å². The van der Waals surface area contributed by atoms with Gasteiger partial charge in [-0.05, 0) is 63.5 Å². The summed E-state index contributed by atoms with van der Waals surface area (Å²) in [7, 11) is 2.25. The van der Waals surface area contributed by atoms with Crippen molar-refractivity contribution >= 4 is 15.9 Å². The normalized spacial score (nSPS) is 14.7. The third-order valence-electron chi connectivity index (χ3n) is 4.06. The zero-order valence-corrected chi connectivity index (χ0v) is 15.8. The largest absolute Gasteiger partial charge is 0.310 e. The van der Waals surface area contributed by atoms with Gasteiger partial charge < -0.3 is 10.2 Å². The van der Waals surface area contributed by atoms with Crippen LogP contribution < -0.4 is 5.32 Å². The van der Waals surface area contributed by atoms with Crippen molar-refractivity contribution in [2.45, 2.75) is 52.6 Å². The van der Waals surface area contributed by atoms with E-state index in [4.69, 9.17) is 0 Å². The van der Waals surface area contributed by atoms with Crippen LogP contribution in [0.15, 0.2) is 28.7 Å². The highest BCUT2D eigenvalue weighted by atomic mass is 79.9. The maximum atomic E-state index is 3.61. The van der Waals surface area contributed by atoms with Crippen LogP contribution in [0.3, 0.4) is 0 Å². The van der Waals surface area contributed by atoms with Crippen LogP contribution in [0.4, 0.5) is 0 Å². The van der Waals surface area contributed by atoms with E-state index in [0.29, 0.717) is 12.1 Å².